The number of imide groups is 2. The summed E-state index contributed by atoms with van der Waals surface area (Å²) in [6, 6.07) is 13.6. The fourth-order valence-electron chi connectivity index (χ4n) is 2.30. The fraction of sp³-hybridized carbons (Fsp3) is 0. The molecular weight excluding hydrogens is 342 g/mol. The highest BCUT2D eigenvalue weighted by Gasteiger charge is 2.36. The standard InChI is InChI=1S/C18H10ClN3O3/c19-13-5-7-14(8-6-13)22-17(24)15(16(23)21-18(22)25)9-11-1-3-12(10-20)4-2-11/h1-9H,(H,21,23,25)/b15-9+. The largest absolute Gasteiger partial charge is 0.335 e. The van der Waals surface area contributed by atoms with Gasteiger partial charge in [0.2, 0.25) is 0 Å². The van der Waals surface area contributed by atoms with Crippen molar-refractivity contribution < 1.29 is 14.4 Å². The van der Waals surface area contributed by atoms with Crippen molar-refractivity contribution in [2.45, 2.75) is 0 Å². The van der Waals surface area contributed by atoms with Gasteiger partial charge in [0.05, 0.1) is 17.3 Å². The van der Waals surface area contributed by atoms with E-state index in [1.165, 1.54) is 30.3 Å². The normalized spacial score (nSPS) is 15.9. The molecule has 1 aliphatic heterocycles. The molecule has 1 heterocycles. The molecule has 0 atom stereocenters. The van der Waals surface area contributed by atoms with Crippen LogP contribution in [0.1, 0.15) is 11.1 Å². The molecule has 0 saturated carbocycles. The number of carbonyl (C=O) groups is 3. The van der Waals surface area contributed by atoms with Crippen molar-refractivity contribution in [2.24, 2.45) is 0 Å². The molecular formula is C18H10ClN3O3. The van der Waals surface area contributed by atoms with E-state index in [-0.39, 0.29) is 5.57 Å². The van der Waals surface area contributed by atoms with Gasteiger partial charge in [0, 0.05) is 5.02 Å². The number of urea groups is 1. The number of nitrogens with zero attached hydrogens (tertiary/aromatic N) is 2. The van der Waals surface area contributed by atoms with E-state index in [9.17, 15) is 14.4 Å². The second-order valence-corrected chi connectivity index (χ2v) is 5.60. The fourth-order valence-corrected chi connectivity index (χ4v) is 2.43. The summed E-state index contributed by atoms with van der Waals surface area (Å²) in [5, 5.41) is 11.4. The van der Waals surface area contributed by atoms with Gasteiger partial charge in [-0.1, -0.05) is 23.7 Å². The predicted molar refractivity (Wildman–Crippen MR) is 91.6 cm³/mol. The Kier molecular flexibility index (Phi) is 4.33. The number of hydrogen-bond donors (Lipinski definition) is 1. The molecule has 1 fully saturated rings. The van der Waals surface area contributed by atoms with Gasteiger partial charge >= 0.3 is 6.03 Å². The highest BCUT2D eigenvalue weighted by atomic mass is 35.5. The topological polar surface area (TPSA) is 90.3 Å². The number of carbonyl (C=O) groups excluding carboxylic acids is 3. The maximum absolute atomic E-state index is 12.6. The SMILES string of the molecule is N#Cc1ccc(/C=C2\C(=O)NC(=O)N(c3ccc(Cl)cc3)C2=O)cc1. The van der Waals surface area contributed by atoms with E-state index in [0.717, 1.165) is 4.90 Å². The van der Waals surface area contributed by atoms with Gasteiger partial charge in [-0.25, -0.2) is 9.69 Å². The van der Waals surface area contributed by atoms with Crippen LogP contribution in [0.4, 0.5) is 10.5 Å². The van der Waals surface area contributed by atoms with Crippen molar-refractivity contribution >= 4 is 41.2 Å². The third-order valence-corrected chi connectivity index (χ3v) is 3.79. The first-order valence-electron chi connectivity index (χ1n) is 7.17. The Morgan fingerprint density at radius 1 is 1.00 bits per heavy atom. The molecule has 25 heavy (non-hydrogen) atoms. The average Bonchev–Trinajstić information content (AvgIpc) is 2.60. The van der Waals surface area contributed by atoms with E-state index < -0.39 is 17.8 Å². The van der Waals surface area contributed by atoms with Crippen LogP contribution < -0.4 is 10.2 Å². The number of amides is 4. The van der Waals surface area contributed by atoms with Gasteiger partial charge in [-0.3, -0.25) is 14.9 Å². The summed E-state index contributed by atoms with van der Waals surface area (Å²) in [5.41, 5.74) is 1.13. The average molecular weight is 352 g/mol. The smallest absolute Gasteiger partial charge is 0.273 e. The molecule has 0 radical (unpaired) electrons. The van der Waals surface area contributed by atoms with Crippen molar-refractivity contribution in [1.82, 2.24) is 5.32 Å². The third kappa shape index (κ3) is 3.27. The van der Waals surface area contributed by atoms with Crippen LogP contribution in [0.2, 0.25) is 5.02 Å². The third-order valence-electron chi connectivity index (χ3n) is 3.54. The van der Waals surface area contributed by atoms with E-state index >= 15 is 0 Å². The van der Waals surface area contributed by atoms with E-state index in [1.54, 1.807) is 24.3 Å². The number of nitriles is 1. The molecule has 7 heteroatoms. The van der Waals surface area contributed by atoms with Crippen LogP contribution in [-0.4, -0.2) is 17.8 Å². The lowest BCUT2D eigenvalue weighted by atomic mass is 10.1. The van der Waals surface area contributed by atoms with Gasteiger partial charge in [0.15, 0.2) is 0 Å². The summed E-state index contributed by atoms with van der Waals surface area (Å²) in [5.74, 6) is -1.51. The summed E-state index contributed by atoms with van der Waals surface area (Å²) in [6.07, 6.45) is 1.37. The Balaban J connectivity index is 1.98. The minimum absolute atomic E-state index is 0.181. The van der Waals surface area contributed by atoms with Crippen molar-refractivity contribution in [2.75, 3.05) is 4.90 Å². The van der Waals surface area contributed by atoms with Crippen LogP contribution in [0.25, 0.3) is 6.08 Å². The van der Waals surface area contributed by atoms with Crippen LogP contribution in [0.5, 0.6) is 0 Å². The van der Waals surface area contributed by atoms with Crippen molar-refractivity contribution in [3.63, 3.8) is 0 Å². The van der Waals surface area contributed by atoms with Crippen LogP contribution in [-0.2, 0) is 9.59 Å². The van der Waals surface area contributed by atoms with Gasteiger partial charge in [-0.05, 0) is 48.0 Å². The monoisotopic (exact) mass is 351 g/mol. The summed E-state index contributed by atoms with van der Waals surface area (Å²) in [6.45, 7) is 0. The molecule has 0 unspecified atom stereocenters. The van der Waals surface area contributed by atoms with Crippen LogP contribution in [0.15, 0.2) is 54.1 Å². The Hall–Kier alpha value is -3.43. The first-order valence-corrected chi connectivity index (χ1v) is 7.54. The van der Waals surface area contributed by atoms with E-state index in [2.05, 4.69) is 5.32 Å². The molecule has 0 bridgehead atoms. The lowest BCUT2D eigenvalue weighted by molar-refractivity contribution is -0.122. The molecule has 6 nitrogen and oxygen atoms in total. The molecule has 2 aromatic carbocycles. The first kappa shape index (κ1) is 16.4. The van der Waals surface area contributed by atoms with Gasteiger partial charge < -0.3 is 0 Å². The molecule has 4 amide bonds. The Morgan fingerprint density at radius 3 is 2.24 bits per heavy atom. The highest BCUT2D eigenvalue weighted by Crippen LogP contribution is 2.23. The molecule has 0 spiro atoms. The van der Waals surface area contributed by atoms with Crippen LogP contribution >= 0.6 is 11.6 Å². The molecule has 2 aromatic rings. The van der Waals surface area contributed by atoms with Crippen LogP contribution in [0, 0.1) is 11.3 Å². The zero-order valence-corrected chi connectivity index (χ0v) is 13.4. The molecule has 122 valence electrons. The number of hydrogen-bond acceptors (Lipinski definition) is 4. The van der Waals surface area contributed by atoms with Gasteiger partial charge in [-0.2, -0.15) is 5.26 Å². The second-order valence-electron chi connectivity index (χ2n) is 5.17. The lowest BCUT2D eigenvalue weighted by Crippen LogP contribution is -2.54. The zero-order chi connectivity index (χ0) is 18.0. The zero-order valence-electron chi connectivity index (χ0n) is 12.7. The van der Waals surface area contributed by atoms with Crippen molar-refractivity contribution in [3.8, 4) is 6.07 Å². The Bertz CT molecular complexity index is 941. The highest BCUT2D eigenvalue weighted by molar-refractivity contribution is 6.39. The summed E-state index contributed by atoms with van der Waals surface area (Å²) >= 11 is 5.81. The number of barbiturate groups is 1. The lowest BCUT2D eigenvalue weighted by Gasteiger charge is -2.26. The molecule has 0 aromatic heterocycles. The molecule has 1 saturated heterocycles. The maximum atomic E-state index is 12.6. The minimum Gasteiger partial charge on any atom is -0.273 e. The van der Waals surface area contributed by atoms with Crippen molar-refractivity contribution in [3.05, 3.63) is 70.3 Å². The second kappa shape index (κ2) is 6.59. The van der Waals surface area contributed by atoms with Gasteiger partial charge in [0.1, 0.15) is 5.57 Å². The number of rotatable bonds is 2. The first-order chi connectivity index (χ1) is 12.0. The Morgan fingerprint density at radius 2 is 1.64 bits per heavy atom. The minimum atomic E-state index is -0.825. The number of nitrogens with one attached hydrogen (secondary N) is 1. The molecule has 1 N–H and O–H groups in total. The van der Waals surface area contributed by atoms with Gasteiger partial charge in [-0.15, -0.1) is 0 Å². The van der Waals surface area contributed by atoms with E-state index in [0.29, 0.717) is 21.8 Å². The van der Waals surface area contributed by atoms with Gasteiger partial charge in [0.25, 0.3) is 11.8 Å². The quantitative estimate of drug-likeness (QED) is 0.665. The number of anilines is 1. The predicted octanol–water partition coefficient (Wildman–Crippen LogP) is 2.88. The number of halogens is 1. The number of benzene rings is 2. The molecule has 3 rings (SSSR count). The van der Waals surface area contributed by atoms with Crippen LogP contribution in [0.3, 0.4) is 0 Å². The Labute approximate surface area is 147 Å². The molecule has 1 aliphatic rings. The van der Waals surface area contributed by atoms with Crippen molar-refractivity contribution in [1.29, 1.82) is 5.26 Å². The summed E-state index contributed by atoms with van der Waals surface area (Å²) in [4.78, 5) is 37.6. The maximum Gasteiger partial charge on any atom is 0.335 e. The summed E-state index contributed by atoms with van der Waals surface area (Å²) < 4.78 is 0. The van der Waals surface area contributed by atoms with E-state index in [4.69, 9.17) is 16.9 Å². The van der Waals surface area contributed by atoms with E-state index in [1.807, 2.05) is 6.07 Å². The molecule has 0 aliphatic carbocycles. The summed E-state index contributed by atoms with van der Waals surface area (Å²) in [7, 11) is 0.